The highest BCUT2D eigenvalue weighted by molar-refractivity contribution is 6.30. The maximum Gasteiger partial charge on any atom is 0.153 e. The first kappa shape index (κ1) is 11.2. The smallest absolute Gasteiger partial charge is 0.153 e. The van der Waals surface area contributed by atoms with Gasteiger partial charge < -0.3 is 4.98 Å². The van der Waals surface area contributed by atoms with Crippen LogP contribution >= 0.6 is 11.6 Å². The Kier molecular flexibility index (Phi) is 2.52. The van der Waals surface area contributed by atoms with E-state index in [9.17, 15) is 8.78 Å². The molecule has 0 atom stereocenters. The first-order valence-corrected chi connectivity index (χ1v) is 5.62. The van der Waals surface area contributed by atoms with E-state index in [0.29, 0.717) is 16.4 Å². The molecule has 3 rings (SSSR count). The van der Waals surface area contributed by atoms with Crippen molar-refractivity contribution in [3.63, 3.8) is 0 Å². The van der Waals surface area contributed by atoms with Crippen molar-refractivity contribution in [1.82, 2.24) is 9.97 Å². The summed E-state index contributed by atoms with van der Waals surface area (Å²) in [4.78, 5) is 6.99. The summed E-state index contributed by atoms with van der Waals surface area (Å²) in [5.74, 6) is -0.834. The zero-order chi connectivity index (χ0) is 12.7. The highest BCUT2D eigenvalue weighted by atomic mass is 35.5. The molecule has 0 fully saturated rings. The molecule has 0 saturated carbocycles. The first-order valence-electron chi connectivity index (χ1n) is 5.24. The van der Waals surface area contributed by atoms with E-state index in [2.05, 4.69) is 9.97 Å². The van der Waals surface area contributed by atoms with Gasteiger partial charge in [0.1, 0.15) is 17.2 Å². The van der Waals surface area contributed by atoms with E-state index < -0.39 is 11.6 Å². The molecule has 3 aromatic rings. The fourth-order valence-corrected chi connectivity index (χ4v) is 1.91. The van der Waals surface area contributed by atoms with Gasteiger partial charge >= 0.3 is 0 Å². The number of aromatic nitrogens is 2. The number of nitrogens with zero attached hydrogens (tertiary/aromatic N) is 1. The van der Waals surface area contributed by atoms with E-state index in [1.165, 1.54) is 6.07 Å². The number of nitrogens with one attached hydrogen (secondary N) is 1. The van der Waals surface area contributed by atoms with Crippen molar-refractivity contribution in [2.24, 2.45) is 0 Å². The van der Waals surface area contributed by atoms with Crippen molar-refractivity contribution >= 4 is 22.6 Å². The van der Waals surface area contributed by atoms with Gasteiger partial charge in [-0.15, -0.1) is 0 Å². The summed E-state index contributed by atoms with van der Waals surface area (Å²) >= 11 is 5.78. The average molecular weight is 265 g/mol. The molecule has 2 aromatic carbocycles. The van der Waals surface area contributed by atoms with Crippen LogP contribution in [0.1, 0.15) is 0 Å². The van der Waals surface area contributed by atoms with E-state index in [4.69, 9.17) is 11.6 Å². The summed E-state index contributed by atoms with van der Waals surface area (Å²) in [6.45, 7) is 0. The van der Waals surface area contributed by atoms with Gasteiger partial charge in [0.15, 0.2) is 5.82 Å². The minimum atomic E-state index is -0.679. The van der Waals surface area contributed by atoms with E-state index in [1.807, 2.05) is 0 Å². The molecule has 0 aliphatic rings. The zero-order valence-corrected chi connectivity index (χ0v) is 9.80. The monoisotopic (exact) mass is 264 g/mol. The molecule has 0 amide bonds. The minimum absolute atomic E-state index is 0.126. The number of fused-ring (bicyclic) bond motifs is 1. The standard InChI is InChI=1S/C13H7ClF2N2/c14-8-3-1-7(2-4-8)13-17-11-6-9(15)5-10(16)12(11)18-13/h1-6H,(H,17,18). The molecule has 90 valence electrons. The van der Waals surface area contributed by atoms with E-state index in [-0.39, 0.29) is 5.52 Å². The maximum absolute atomic E-state index is 13.5. The first-order chi connectivity index (χ1) is 8.63. The van der Waals surface area contributed by atoms with Gasteiger partial charge in [0, 0.05) is 16.7 Å². The van der Waals surface area contributed by atoms with Gasteiger partial charge in [0.2, 0.25) is 0 Å². The van der Waals surface area contributed by atoms with Crippen LogP contribution in [-0.4, -0.2) is 9.97 Å². The molecule has 18 heavy (non-hydrogen) atoms. The summed E-state index contributed by atoms with van der Waals surface area (Å²) in [6.07, 6.45) is 0. The number of rotatable bonds is 1. The second-order valence-corrected chi connectivity index (χ2v) is 4.31. The lowest BCUT2D eigenvalue weighted by atomic mass is 10.2. The van der Waals surface area contributed by atoms with Crippen LogP contribution in [0, 0.1) is 11.6 Å². The summed E-state index contributed by atoms with van der Waals surface area (Å²) in [5, 5.41) is 0.604. The van der Waals surface area contributed by atoms with Crippen LogP contribution in [0.25, 0.3) is 22.4 Å². The van der Waals surface area contributed by atoms with Crippen LogP contribution in [0.3, 0.4) is 0 Å². The van der Waals surface area contributed by atoms with Crippen LogP contribution in [0.5, 0.6) is 0 Å². The largest absolute Gasteiger partial charge is 0.338 e. The number of hydrogen-bond acceptors (Lipinski definition) is 1. The molecular formula is C13H7ClF2N2. The SMILES string of the molecule is Fc1cc(F)c2nc(-c3ccc(Cl)cc3)[nH]c2c1. The third kappa shape index (κ3) is 1.84. The Hall–Kier alpha value is -1.94. The lowest BCUT2D eigenvalue weighted by Crippen LogP contribution is -1.81. The Labute approximate surface area is 106 Å². The van der Waals surface area contributed by atoms with Gasteiger partial charge in [-0.1, -0.05) is 11.6 Å². The van der Waals surface area contributed by atoms with Crippen LogP contribution in [0.4, 0.5) is 8.78 Å². The van der Waals surface area contributed by atoms with E-state index >= 15 is 0 Å². The van der Waals surface area contributed by atoms with Crippen molar-refractivity contribution < 1.29 is 8.78 Å². The van der Waals surface area contributed by atoms with Crippen LogP contribution in [0.2, 0.25) is 5.02 Å². The van der Waals surface area contributed by atoms with Gasteiger partial charge in [-0.05, 0) is 30.3 Å². The predicted octanol–water partition coefficient (Wildman–Crippen LogP) is 4.16. The van der Waals surface area contributed by atoms with Gasteiger partial charge in [-0.25, -0.2) is 13.8 Å². The summed E-state index contributed by atoms with van der Waals surface area (Å²) in [6, 6.07) is 8.96. The number of H-pyrrole nitrogens is 1. The summed E-state index contributed by atoms with van der Waals surface area (Å²) < 4.78 is 26.6. The molecule has 5 heteroatoms. The molecule has 0 saturated heterocycles. The third-order valence-electron chi connectivity index (χ3n) is 2.62. The summed E-state index contributed by atoms with van der Waals surface area (Å²) in [5.41, 5.74) is 1.22. The third-order valence-corrected chi connectivity index (χ3v) is 2.87. The number of halogens is 3. The average Bonchev–Trinajstić information content (AvgIpc) is 2.74. The normalized spacial score (nSPS) is 11.1. The maximum atomic E-state index is 13.5. The quantitative estimate of drug-likeness (QED) is 0.702. The Balaban J connectivity index is 2.19. The van der Waals surface area contributed by atoms with Crippen molar-refractivity contribution in [3.8, 4) is 11.4 Å². The number of aromatic amines is 1. The van der Waals surface area contributed by atoms with Gasteiger partial charge in [-0.2, -0.15) is 0 Å². The Morgan fingerprint density at radius 2 is 1.78 bits per heavy atom. The molecule has 0 aliphatic carbocycles. The number of imidazole rings is 1. The molecule has 1 heterocycles. The Bertz CT molecular complexity index is 720. The Morgan fingerprint density at radius 1 is 1.06 bits per heavy atom. The molecule has 2 nitrogen and oxygen atoms in total. The van der Waals surface area contributed by atoms with E-state index in [0.717, 1.165) is 11.6 Å². The van der Waals surface area contributed by atoms with Crippen molar-refractivity contribution in [1.29, 1.82) is 0 Å². The van der Waals surface area contributed by atoms with E-state index in [1.54, 1.807) is 24.3 Å². The van der Waals surface area contributed by atoms with Gasteiger partial charge in [0.25, 0.3) is 0 Å². The molecule has 1 N–H and O–H groups in total. The van der Waals surface area contributed by atoms with Crippen molar-refractivity contribution in [2.45, 2.75) is 0 Å². The molecule has 0 spiro atoms. The fourth-order valence-electron chi connectivity index (χ4n) is 1.79. The lowest BCUT2D eigenvalue weighted by Gasteiger charge is -1.95. The predicted molar refractivity (Wildman–Crippen MR) is 66.5 cm³/mol. The topological polar surface area (TPSA) is 28.7 Å². The summed E-state index contributed by atoms with van der Waals surface area (Å²) in [7, 11) is 0. The zero-order valence-electron chi connectivity index (χ0n) is 9.05. The Morgan fingerprint density at radius 3 is 2.50 bits per heavy atom. The van der Waals surface area contributed by atoms with Crippen molar-refractivity contribution in [2.75, 3.05) is 0 Å². The molecule has 0 radical (unpaired) electrons. The minimum Gasteiger partial charge on any atom is -0.338 e. The van der Waals surface area contributed by atoms with Crippen LogP contribution < -0.4 is 0 Å². The number of benzene rings is 2. The fraction of sp³-hybridized carbons (Fsp3) is 0. The molecular weight excluding hydrogens is 258 g/mol. The molecule has 0 aliphatic heterocycles. The highest BCUT2D eigenvalue weighted by Crippen LogP contribution is 2.24. The molecule has 0 bridgehead atoms. The second-order valence-electron chi connectivity index (χ2n) is 3.88. The highest BCUT2D eigenvalue weighted by Gasteiger charge is 2.10. The van der Waals surface area contributed by atoms with Gasteiger partial charge in [0.05, 0.1) is 5.52 Å². The lowest BCUT2D eigenvalue weighted by molar-refractivity contribution is 0.591. The molecule has 1 aromatic heterocycles. The van der Waals surface area contributed by atoms with Gasteiger partial charge in [-0.3, -0.25) is 0 Å². The second kappa shape index (κ2) is 4.07. The van der Waals surface area contributed by atoms with Crippen LogP contribution in [-0.2, 0) is 0 Å². The van der Waals surface area contributed by atoms with Crippen LogP contribution in [0.15, 0.2) is 36.4 Å². The number of hydrogen-bond donors (Lipinski definition) is 1. The van der Waals surface area contributed by atoms with Crippen molar-refractivity contribution in [3.05, 3.63) is 53.1 Å². The molecule has 0 unspecified atom stereocenters.